The van der Waals surface area contributed by atoms with E-state index in [2.05, 4.69) is 28.5 Å². The van der Waals surface area contributed by atoms with Gasteiger partial charge in [0.05, 0.1) is 5.75 Å². The molecule has 0 fully saturated rings. The highest BCUT2D eigenvalue weighted by Crippen LogP contribution is 2.27. The van der Waals surface area contributed by atoms with E-state index in [-0.39, 0.29) is 17.8 Å². The Bertz CT molecular complexity index is 1020. The van der Waals surface area contributed by atoms with Gasteiger partial charge in [-0.15, -0.1) is 10.2 Å². The Balaban J connectivity index is 1.62. The predicted molar refractivity (Wildman–Crippen MR) is 116 cm³/mol. The summed E-state index contributed by atoms with van der Waals surface area (Å²) in [5.74, 6) is 1.74. The number of nitrogens with zero attached hydrogens (tertiary/aromatic N) is 3. The van der Waals surface area contributed by atoms with Crippen LogP contribution in [0.3, 0.4) is 0 Å². The summed E-state index contributed by atoms with van der Waals surface area (Å²) in [5.41, 5.74) is 4.16. The molecule has 1 heterocycles. The first kappa shape index (κ1) is 20.9. The Labute approximate surface area is 175 Å². The van der Waals surface area contributed by atoms with E-state index in [0.29, 0.717) is 11.0 Å². The average molecular weight is 411 g/mol. The summed E-state index contributed by atoms with van der Waals surface area (Å²) in [6.07, 6.45) is -0.261. The van der Waals surface area contributed by atoms with Gasteiger partial charge in [0.2, 0.25) is 5.91 Å². The molecule has 3 rings (SSSR count). The van der Waals surface area contributed by atoms with Crippen molar-refractivity contribution in [3.05, 3.63) is 65.0 Å². The van der Waals surface area contributed by atoms with Gasteiger partial charge in [0, 0.05) is 12.7 Å². The van der Waals surface area contributed by atoms with E-state index in [1.807, 2.05) is 68.8 Å². The molecule has 1 aromatic heterocycles. The zero-order chi connectivity index (χ0) is 21.0. The molecular formula is C22H26N4O2S. The van der Waals surface area contributed by atoms with E-state index in [1.54, 1.807) is 0 Å². The van der Waals surface area contributed by atoms with Crippen LogP contribution in [0.4, 0.5) is 5.69 Å². The van der Waals surface area contributed by atoms with Crippen molar-refractivity contribution in [1.82, 2.24) is 14.8 Å². The third-order valence-corrected chi connectivity index (χ3v) is 5.86. The molecule has 0 spiro atoms. The Morgan fingerprint density at radius 3 is 2.59 bits per heavy atom. The van der Waals surface area contributed by atoms with Gasteiger partial charge in [-0.3, -0.25) is 4.79 Å². The van der Waals surface area contributed by atoms with Crippen molar-refractivity contribution in [1.29, 1.82) is 0 Å². The molecule has 0 aliphatic carbocycles. The van der Waals surface area contributed by atoms with Gasteiger partial charge >= 0.3 is 0 Å². The van der Waals surface area contributed by atoms with E-state index in [9.17, 15) is 4.79 Å². The number of anilines is 1. The highest BCUT2D eigenvalue weighted by atomic mass is 32.2. The smallest absolute Gasteiger partial charge is 0.234 e. The fraction of sp³-hybridized carbons (Fsp3) is 0.318. The molecule has 0 saturated carbocycles. The van der Waals surface area contributed by atoms with Crippen LogP contribution in [0.25, 0.3) is 0 Å². The summed E-state index contributed by atoms with van der Waals surface area (Å²) < 4.78 is 7.99. The van der Waals surface area contributed by atoms with Gasteiger partial charge in [-0.05, 0) is 56.5 Å². The number of carbonyl (C=O) groups excluding carboxylic acids is 1. The van der Waals surface area contributed by atoms with E-state index in [1.165, 1.54) is 17.3 Å². The number of hydrogen-bond acceptors (Lipinski definition) is 5. The molecule has 152 valence electrons. The fourth-order valence-corrected chi connectivity index (χ4v) is 3.65. The number of thioether (sulfide) groups is 1. The van der Waals surface area contributed by atoms with Crippen molar-refractivity contribution in [3.8, 4) is 5.75 Å². The summed E-state index contributed by atoms with van der Waals surface area (Å²) in [5, 5.41) is 12.1. The second-order valence-corrected chi connectivity index (χ2v) is 7.95. The van der Waals surface area contributed by atoms with Gasteiger partial charge in [-0.2, -0.15) is 0 Å². The predicted octanol–water partition coefficient (Wildman–Crippen LogP) is 4.61. The normalized spacial score (nSPS) is 11.9. The Morgan fingerprint density at radius 2 is 1.83 bits per heavy atom. The lowest BCUT2D eigenvalue weighted by atomic mass is 10.1. The van der Waals surface area contributed by atoms with Gasteiger partial charge in [0.1, 0.15) is 5.75 Å². The molecule has 1 amide bonds. The third kappa shape index (κ3) is 4.98. The summed E-state index contributed by atoms with van der Waals surface area (Å²) in [7, 11) is 1.89. The number of aromatic nitrogens is 3. The molecule has 29 heavy (non-hydrogen) atoms. The maximum absolute atomic E-state index is 12.3. The molecule has 3 aromatic rings. The number of rotatable bonds is 7. The Hall–Kier alpha value is -2.80. The van der Waals surface area contributed by atoms with Crippen molar-refractivity contribution < 1.29 is 9.53 Å². The largest absolute Gasteiger partial charge is 0.482 e. The molecular weight excluding hydrogens is 384 g/mol. The minimum absolute atomic E-state index is 0.0754. The van der Waals surface area contributed by atoms with Crippen molar-refractivity contribution >= 4 is 23.4 Å². The van der Waals surface area contributed by atoms with Gasteiger partial charge < -0.3 is 14.6 Å². The third-order valence-electron chi connectivity index (χ3n) is 4.84. The molecule has 0 aliphatic rings. The molecule has 0 radical (unpaired) electrons. The molecule has 0 aliphatic heterocycles. The van der Waals surface area contributed by atoms with Gasteiger partial charge in [-0.1, -0.05) is 42.1 Å². The molecule has 1 atom stereocenters. The number of amides is 1. The zero-order valence-electron chi connectivity index (χ0n) is 17.4. The molecule has 6 nitrogen and oxygen atoms in total. The quantitative estimate of drug-likeness (QED) is 0.576. The molecule has 2 aromatic carbocycles. The lowest BCUT2D eigenvalue weighted by molar-refractivity contribution is -0.113. The maximum Gasteiger partial charge on any atom is 0.234 e. The van der Waals surface area contributed by atoms with Crippen LogP contribution in [-0.4, -0.2) is 26.4 Å². The first-order chi connectivity index (χ1) is 13.9. The number of benzene rings is 2. The van der Waals surface area contributed by atoms with Crippen LogP contribution in [0.15, 0.2) is 47.6 Å². The van der Waals surface area contributed by atoms with E-state index < -0.39 is 0 Å². The summed E-state index contributed by atoms with van der Waals surface area (Å²) in [4.78, 5) is 12.3. The molecule has 0 bridgehead atoms. The maximum atomic E-state index is 12.3. The first-order valence-corrected chi connectivity index (χ1v) is 10.5. The minimum atomic E-state index is -0.261. The summed E-state index contributed by atoms with van der Waals surface area (Å²) >= 11 is 1.35. The summed E-state index contributed by atoms with van der Waals surface area (Å²) in [6.45, 7) is 8.02. The number of aryl methyl sites for hydroxylation is 2. The fourth-order valence-electron chi connectivity index (χ4n) is 2.93. The highest BCUT2D eigenvalue weighted by molar-refractivity contribution is 7.99. The van der Waals surface area contributed by atoms with Crippen LogP contribution in [0.5, 0.6) is 5.75 Å². The monoisotopic (exact) mass is 410 g/mol. The van der Waals surface area contributed by atoms with Crippen LogP contribution < -0.4 is 10.1 Å². The van der Waals surface area contributed by atoms with Crippen LogP contribution in [0.2, 0.25) is 0 Å². The van der Waals surface area contributed by atoms with E-state index >= 15 is 0 Å². The number of hydrogen-bond donors (Lipinski definition) is 1. The van der Waals surface area contributed by atoms with Gasteiger partial charge in [0.25, 0.3) is 0 Å². The Kier molecular flexibility index (Phi) is 6.59. The molecule has 1 N–H and O–H groups in total. The van der Waals surface area contributed by atoms with Crippen molar-refractivity contribution in [3.63, 3.8) is 0 Å². The topological polar surface area (TPSA) is 69.0 Å². The second-order valence-electron chi connectivity index (χ2n) is 7.01. The van der Waals surface area contributed by atoms with Gasteiger partial charge in [0.15, 0.2) is 17.1 Å². The van der Waals surface area contributed by atoms with E-state index in [0.717, 1.165) is 22.6 Å². The zero-order valence-corrected chi connectivity index (χ0v) is 18.2. The highest BCUT2D eigenvalue weighted by Gasteiger charge is 2.19. The second kappa shape index (κ2) is 9.13. The van der Waals surface area contributed by atoms with Crippen LogP contribution >= 0.6 is 11.8 Å². The lowest BCUT2D eigenvalue weighted by Gasteiger charge is -2.17. The first-order valence-electron chi connectivity index (χ1n) is 9.47. The number of para-hydroxylation sites is 1. The molecule has 0 saturated heterocycles. The van der Waals surface area contributed by atoms with Crippen LogP contribution in [0.1, 0.15) is 35.5 Å². The lowest BCUT2D eigenvalue weighted by Crippen LogP contribution is -2.15. The SMILES string of the molecule is Cc1ccccc1NC(=O)CSc1nnc(C(C)Oc2cccc(C)c2C)n1C. The number of ether oxygens (including phenoxy) is 1. The van der Waals surface area contributed by atoms with Crippen LogP contribution in [-0.2, 0) is 11.8 Å². The van der Waals surface area contributed by atoms with Gasteiger partial charge in [-0.25, -0.2) is 0 Å². The van der Waals surface area contributed by atoms with Crippen molar-refractivity contribution in [2.75, 3.05) is 11.1 Å². The molecule has 1 unspecified atom stereocenters. The number of carbonyl (C=O) groups is 1. The Morgan fingerprint density at radius 1 is 1.10 bits per heavy atom. The minimum Gasteiger partial charge on any atom is -0.482 e. The summed E-state index contributed by atoms with van der Waals surface area (Å²) in [6, 6.07) is 13.7. The number of nitrogens with one attached hydrogen (secondary N) is 1. The van der Waals surface area contributed by atoms with Crippen molar-refractivity contribution in [2.45, 2.75) is 39.0 Å². The van der Waals surface area contributed by atoms with E-state index in [4.69, 9.17) is 4.74 Å². The van der Waals surface area contributed by atoms with Crippen molar-refractivity contribution in [2.24, 2.45) is 7.05 Å². The molecule has 7 heteroatoms. The average Bonchev–Trinajstić information content (AvgIpc) is 3.06. The standard InChI is InChI=1S/C22H26N4O2S/c1-14-10-8-12-19(16(14)3)28-17(4)21-24-25-22(26(21)5)29-13-20(27)23-18-11-7-6-9-15(18)2/h6-12,17H,13H2,1-5H3,(H,23,27). The van der Waals surface area contributed by atoms with Crippen LogP contribution in [0, 0.1) is 20.8 Å².